The summed E-state index contributed by atoms with van der Waals surface area (Å²) in [4.78, 5) is 197. The van der Waals surface area contributed by atoms with E-state index in [2.05, 4.69) is 21.9 Å². The molecule has 0 spiro atoms. The molecule has 4 atom stereocenters. The molecule has 6 N–H and O–H groups in total. The highest BCUT2D eigenvalue weighted by molar-refractivity contribution is 5.74. The van der Waals surface area contributed by atoms with E-state index < -0.39 is 78.3 Å². The van der Waals surface area contributed by atoms with Crippen LogP contribution in [0.15, 0.2) is 0 Å². The third-order valence-corrected chi connectivity index (χ3v) is 19.9. The van der Waals surface area contributed by atoms with E-state index in [-0.39, 0.29) is 147 Å². The molecule has 4 unspecified atom stereocenters. The number of hydrogen-bond donors (Lipinski definition) is 5. The summed E-state index contributed by atoms with van der Waals surface area (Å²) in [6.07, 6.45) is 30.5. The number of rotatable bonds is 90. The third-order valence-electron chi connectivity index (χ3n) is 19.9. The van der Waals surface area contributed by atoms with Gasteiger partial charge in [0.05, 0.1) is 0 Å². The predicted octanol–water partition coefficient (Wildman–Crippen LogP) is 16.1. The van der Waals surface area contributed by atoms with Crippen LogP contribution in [0.2, 0.25) is 0 Å². The van der Waals surface area contributed by atoms with Crippen molar-refractivity contribution >= 4 is 83.6 Å². The first-order valence-corrected chi connectivity index (χ1v) is 47.8. The van der Waals surface area contributed by atoms with E-state index in [1.54, 1.807) is 0 Å². The molecule has 125 heavy (non-hydrogen) atoms. The van der Waals surface area contributed by atoms with Gasteiger partial charge in [0.1, 0.15) is 39.6 Å². The molecule has 0 saturated heterocycles. The molecule has 0 aliphatic heterocycles. The van der Waals surface area contributed by atoms with Gasteiger partial charge in [-0.25, -0.2) is 0 Å². The zero-order valence-electron chi connectivity index (χ0n) is 77.1. The number of hydroxylamine groups is 4. The first kappa shape index (κ1) is 117. The molecule has 0 aliphatic carbocycles. The summed E-state index contributed by atoms with van der Waals surface area (Å²) < 4.78 is 55.3. The van der Waals surface area contributed by atoms with Crippen molar-refractivity contribution in [2.45, 2.75) is 438 Å². The van der Waals surface area contributed by atoms with Crippen LogP contribution in [0, 0.1) is 0 Å². The normalized spacial score (nSPS) is 12.0. The van der Waals surface area contributed by atoms with Crippen molar-refractivity contribution in [1.29, 1.82) is 0 Å². The Balaban J connectivity index is 5.44. The van der Waals surface area contributed by atoms with Crippen LogP contribution in [0.25, 0.3) is 0 Å². The molecular weight excluding hydrogens is 1620 g/mol. The number of ether oxygens (including phenoxy) is 10. The summed E-state index contributed by atoms with van der Waals surface area (Å²) in [7, 11) is 0. The molecule has 0 rings (SSSR count). The average molecular weight is 1790 g/mol. The number of nitrogens with two attached hydrogens (primary N) is 1. The van der Waals surface area contributed by atoms with Crippen LogP contribution in [0.1, 0.15) is 413 Å². The van der Waals surface area contributed by atoms with Gasteiger partial charge >= 0.3 is 83.6 Å². The minimum absolute atomic E-state index is 0.0126. The second-order valence-corrected chi connectivity index (χ2v) is 32.0. The van der Waals surface area contributed by atoms with Crippen LogP contribution in [0.4, 0.5) is 0 Å². The Kier molecular flexibility index (Phi) is 81.8. The van der Waals surface area contributed by atoms with Gasteiger partial charge in [0.25, 0.3) is 0 Å². The summed E-state index contributed by atoms with van der Waals surface area (Å²) in [5, 5.41) is 0. The Bertz CT molecular complexity index is 2820. The first-order chi connectivity index (χ1) is 60.6. The molecule has 0 aliphatic rings. The SMILES string of the molecule is CCCCNOC(=O)CCCCCCCC(=O)OCC(COC(=O)CCCCCCCC(=O)OCC(COC(=O)CCCCCCCC(=O)OC(N)CCC)OC(=O)CCCCCCCC(=O)OCC(COC(=O)CCCCCCCC(=O)ONCCCC)OC(=O)CCCCCCCC(=O)ONCCCC)OC(=O)CCCCCCCC(=O)ONCCCC. The summed E-state index contributed by atoms with van der Waals surface area (Å²) in [5.74, 6) is -6.33. The molecular formula is C92H163N5O28. The van der Waals surface area contributed by atoms with Crippen molar-refractivity contribution in [3.63, 3.8) is 0 Å². The van der Waals surface area contributed by atoms with Gasteiger partial charge in [-0.05, 0) is 122 Å². The Morgan fingerprint density at radius 2 is 0.344 bits per heavy atom. The van der Waals surface area contributed by atoms with Gasteiger partial charge in [0.2, 0.25) is 0 Å². The third kappa shape index (κ3) is 83.1. The molecule has 33 nitrogen and oxygen atoms in total. The molecule has 0 radical (unpaired) electrons. The van der Waals surface area contributed by atoms with Crippen molar-refractivity contribution in [3.05, 3.63) is 0 Å². The minimum atomic E-state index is -1.09. The molecule has 0 saturated carbocycles. The standard InChI is InChI=1S/C92H163N5O28/c1-6-11-65-94-122-89(108)61-46-32-18-26-40-55-83(102)116-73-76(119-86(105)58-43-29-20-34-48-63-91(110)124-96-67-13-8-3)70-113-80(99)52-37-23-15-22-36-51-79(98)112-69-75(71-115-82(101)54-39-25-17-31-45-60-88(107)121-78(93)50-10-5)118-85(104)57-42-28-16-24-38-53-81(100)114-72-77(120-87(106)59-44-30-21-35-49-64-92(111)125-97-68-14-9-4)74-117-84(103)56-41-27-19-33-47-62-90(109)123-95-66-12-7-2/h75-78,94-97H,6-74,93H2,1-5H3. The van der Waals surface area contributed by atoms with Crippen molar-refractivity contribution < 1.29 is 134 Å². The largest absolute Gasteiger partial charge is 0.462 e. The molecule has 0 bridgehead atoms. The number of unbranched alkanes of at least 4 members (excludes halogenated alkanes) is 32. The van der Waals surface area contributed by atoms with Crippen LogP contribution in [-0.2, 0) is 134 Å². The van der Waals surface area contributed by atoms with E-state index in [0.29, 0.717) is 180 Å². The summed E-state index contributed by atoms with van der Waals surface area (Å²) in [6, 6.07) is 0. The lowest BCUT2D eigenvalue weighted by Gasteiger charge is -2.18. The fraction of sp³-hybridized carbons (Fsp3) is 0.848. The number of carbonyl (C=O) groups excluding carboxylic acids is 14. The molecule has 33 heteroatoms. The van der Waals surface area contributed by atoms with Gasteiger partial charge < -0.3 is 66.7 Å². The van der Waals surface area contributed by atoms with Gasteiger partial charge in [-0.15, -0.1) is 0 Å². The van der Waals surface area contributed by atoms with Gasteiger partial charge in [-0.3, -0.25) is 72.9 Å². The van der Waals surface area contributed by atoms with E-state index in [0.717, 1.165) is 148 Å². The maximum Gasteiger partial charge on any atom is 0.324 e. The zero-order chi connectivity index (χ0) is 91.9. The fourth-order valence-corrected chi connectivity index (χ4v) is 12.4. The molecule has 0 heterocycles. The zero-order valence-corrected chi connectivity index (χ0v) is 77.1. The summed E-state index contributed by atoms with van der Waals surface area (Å²) in [6.45, 7) is 10.6. The minimum Gasteiger partial charge on any atom is -0.462 e. The lowest BCUT2D eigenvalue weighted by molar-refractivity contribution is -0.167. The molecule has 0 amide bonds. The second kappa shape index (κ2) is 87.1. The number of esters is 10. The van der Waals surface area contributed by atoms with E-state index in [1.165, 1.54) is 0 Å². The highest BCUT2D eigenvalue weighted by atomic mass is 16.7. The number of nitrogens with one attached hydrogen (secondary N) is 4. The Morgan fingerprint density at radius 1 is 0.192 bits per heavy atom. The predicted molar refractivity (Wildman–Crippen MR) is 467 cm³/mol. The van der Waals surface area contributed by atoms with E-state index in [4.69, 9.17) is 72.5 Å². The Hall–Kier alpha value is -7.62. The Morgan fingerprint density at radius 3 is 0.512 bits per heavy atom. The maximum atomic E-state index is 13.2. The maximum absolute atomic E-state index is 13.2. The monoisotopic (exact) mass is 1790 g/mol. The summed E-state index contributed by atoms with van der Waals surface area (Å²) >= 11 is 0. The highest BCUT2D eigenvalue weighted by Gasteiger charge is 2.24. The fourth-order valence-electron chi connectivity index (χ4n) is 12.4. The Labute approximate surface area is 745 Å². The van der Waals surface area contributed by atoms with Crippen molar-refractivity contribution in [2.24, 2.45) is 5.73 Å². The van der Waals surface area contributed by atoms with Gasteiger partial charge in [-0.1, -0.05) is 202 Å². The highest BCUT2D eigenvalue weighted by Crippen LogP contribution is 2.19. The second-order valence-electron chi connectivity index (χ2n) is 32.0. The van der Waals surface area contributed by atoms with Crippen LogP contribution in [-0.4, -0.2) is 174 Å². The molecule has 0 aromatic rings. The lowest BCUT2D eigenvalue weighted by Crippen LogP contribution is -2.31. The van der Waals surface area contributed by atoms with Crippen LogP contribution in [0.3, 0.4) is 0 Å². The number of carbonyl (C=O) groups is 14. The van der Waals surface area contributed by atoms with E-state index in [1.807, 2.05) is 34.6 Å². The van der Waals surface area contributed by atoms with Crippen LogP contribution >= 0.6 is 0 Å². The quantitative estimate of drug-likeness (QED) is 0.0124. The average Bonchev–Trinajstić information content (AvgIpc) is 0.947. The van der Waals surface area contributed by atoms with Crippen molar-refractivity contribution in [2.75, 3.05) is 65.8 Å². The van der Waals surface area contributed by atoms with Gasteiger partial charge in [0, 0.05) is 116 Å². The smallest absolute Gasteiger partial charge is 0.324 e. The van der Waals surface area contributed by atoms with Gasteiger partial charge in [0.15, 0.2) is 24.5 Å². The first-order valence-electron chi connectivity index (χ1n) is 47.8. The molecule has 724 valence electrons. The topological polar surface area (TPSA) is 442 Å². The molecule has 0 aromatic heterocycles. The lowest BCUT2D eigenvalue weighted by atomic mass is 10.1. The van der Waals surface area contributed by atoms with Crippen molar-refractivity contribution in [1.82, 2.24) is 21.9 Å². The van der Waals surface area contributed by atoms with Gasteiger partial charge in [-0.2, -0.15) is 21.9 Å². The van der Waals surface area contributed by atoms with E-state index >= 15 is 0 Å². The van der Waals surface area contributed by atoms with Crippen molar-refractivity contribution in [3.8, 4) is 0 Å². The number of hydrogen-bond acceptors (Lipinski definition) is 33. The molecule has 0 aromatic carbocycles. The van der Waals surface area contributed by atoms with Crippen LogP contribution in [0.5, 0.6) is 0 Å². The van der Waals surface area contributed by atoms with Crippen LogP contribution < -0.4 is 27.7 Å². The summed E-state index contributed by atoms with van der Waals surface area (Å²) in [5.41, 5.74) is 16.5. The van der Waals surface area contributed by atoms with E-state index in [9.17, 15) is 67.1 Å². The molecule has 0 fully saturated rings.